The molecule has 0 fully saturated rings. The van der Waals surface area contributed by atoms with Gasteiger partial charge in [0, 0.05) is 24.3 Å². The lowest BCUT2D eigenvalue weighted by Gasteiger charge is -2.14. The monoisotopic (exact) mass is 412 g/mol. The molecule has 0 saturated carbocycles. The molecule has 8 heteroatoms. The van der Waals surface area contributed by atoms with E-state index < -0.39 is 11.2 Å². The molecule has 0 saturated heterocycles. The van der Waals surface area contributed by atoms with Crippen molar-refractivity contribution in [1.82, 2.24) is 9.13 Å². The van der Waals surface area contributed by atoms with Crippen molar-refractivity contribution in [3.05, 3.63) is 61.3 Å². The largest absolute Gasteiger partial charge is 0.482 e. The molecule has 7 nitrogen and oxygen atoms in total. The Bertz CT molecular complexity index is 815. The molecule has 136 valence electrons. The van der Waals surface area contributed by atoms with E-state index in [4.69, 9.17) is 14.2 Å². The van der Waals surface area contributed by atoms with Gasteiger partial charge in [-0.3, -0.25) is 13.9 Å². The fourth-order valence-electron chi connectivity index (χ4n) is 2.23. The highest BCUT2D eigenvalue weighted by Crippen LogP contribution is 2.17. The quantitative estimate of drug-likeness (QED) is 0.625. The summed E-state index contributed by atoms with van der Waals surface area (Å²) in [6.45, 7) is 1.31. The summed E-state index contributed by atoms with van der Waals surface area (Å²) in [5.41, 5.74) is 0.0232. The van der Waals surface area contributed by atoms with E-state index in [-0.39, 0.29) is 25.5 Å². The van der Waals surface area contributed by atoms with Gasteiger partial charge in [-0.05, 0) is 6.07 Å². The van der Waals surface area contributed by atoms with E-state index in [0.29, 0.717) is 13.2 Å². The molecule has 0 spiro atoms. The van der Waals surface area contributed by atoms with E-state index in [9.17, 15) is 9.59 Å². The molecule has 2 aromatic rings. The second-order valence-corrected chi connectivity index (χ2v) is 6.15. The van der Waals surface area contributed by atoms with Crippen LogP contribution in [0.4, 0.5) is 0 Å². The minimum absolute atomic E-state index is 0.113. The van der Waals surface area contributed by atoms with Gasteiger partial charge in [-0.2, -0.15) is 0 Å². The van der Waals surface area contributed by atoms with Crippen LogP contribution in [0.5, 0.6) is 5.75 Å². The van der Waals surface area contributed by atoms with Crippen molar-refractivity contribution in [1.29, 1.82) is 0 Å². The Morgan fingerprint density at radius 2 is 1.72 bits per heavy atom. The molecule has 0 N–H and O–H groups in total. The van der Waals surface area contributed by atoms with Crippen molar-refractivity contribution in [2.45, 2.75) is 19.7 Å². The van der Waals surface area contributed by atoms with Crippen molar-refractivity contribution in [2.75, 3.05) is 27.4 Å². The first-order valence-electron chi connectivity index (χ1n) is 7.76. The first-order chi connectivity index (χ1) is 12.1. The molecule has 1 heterocycles. The smallest absolute Gasteiger partial charge is 0.331 e. The summed E-state index contributed by atoms with van der Waals surface area (Å²) in [7, 11) is 3.07. The summed E-state index contributed by atoms with van der Waals surface area (Å²) in [6, 6.07) is 7.58. The van der Waals surface area contributed by atoms with E-state index >= 15 is 0 Å². The summed E-state index contributed by atoms with van der Waals surface area (Å²) < 4.78 is 19.1. The molecular formula is C17H21BrN2O5. The van der Waals surface area contributed by atoms with Gasteiger partial charge >= 0.3 is 5.69 Å². The Morgan fingerprint density at radius 1 is 1.04 bits per heavy atom. The van der Waals surface area contributed by atoms with Gasteiger partial charge < -0.3 is 14.2 Å². The van der Waals surface area contributed by atoms with Crippen LogP contribution in [0.3, 0.4) is 0 Å². The lowest BCUT2D eigenvalue weighted by Crippen LogP contribution is -2.41. The van der Waals surface area contributed by atoms with Gasteiger partial charge in [-0.15, -0.1) is 0 Å². The molecule has 0 aliphatic carbocycles. The van der Waals surface area contributed by atoms with Gasteiger partial charge in [0.2, 0.25) is 5.75 Å². The molecule has 0 aliphatic heterocycles. The van der Waals surface area contributed by atoms with Crippen LogP contribution in [0.25, 0.3) is 0 Å². The minimum atomic E-state index is -0.470. The van der Waals surface area contributed by atoms with E-state index in [1.54, 1.807) is 7.11 Å². The topological polar surface area (TPSA) is 71.7 Å². The minimum Gasteiger partial charge on any atom is -0.482 e. The standard InChI is InChI=1S/C17H21BrN2O5/c1-23-9-7-19-11-15(16(21)20(17(19)22)8-10-24-2)25-12-13-5-3-4-6-14(13)18/h3-6,11H,7-10,12H2,1-2H3. The number of ether oxygens (including phenoxy) is 3. The SMILES string of the molecule is COCCn1cc(OCc2ccccc2Br)c(=O)n(CCOC)c1=O. The maximum Gasteiger partial charge on any atom is 0.331 e. The lowest BCUT2D eigenvalue weighted by molar-refractivity contribution is 0.176. The fraction of sp³-hybridized carbons (Fsp3) is 0.412. The van der Waals surface area contributed by atoms with Crippen molar-refractivity contribution >= 4 is 15.9 Å². The van der Waals surface area contributed by atoms with Crippen molar-refractivity contribution in [2.24, 2.45) is 0 Å². The Labute approximate surface area is 153 Å². The van der Waals surface area contributed by atoms with Crippen LogP contribution < -0.4 is 16.0 Å². The zero-order valence-electron chi connectivity index (χ0n) is 14.2. The zero-order valence-corrected chi connectivity index (χ0v) is 15.8. The number of hydrogen-bond donors (Lipinski definition) is 0. The van der Waals surface area contributed by atoms with E-state index in [2.05, 4.69) is 15.9 Å². The van der Waals surface area contributed by atoms with Crippen LogP contribution in [-0.4, -0.2) is 36.6 Å². The Balaban J connectivity index is 2.33. The van der Waals surface area contributed by atoms with Crippen molar-refractivity contribution in [3.63, 3.8) is 0 Å². The Kier molecular flexibility index (Phi) is 7.42. The third-order valence-electron chi connectivity index (χ3n) is 3.60. The summed E-state index contributed by atoms with van der Waals surface area (Å²) in [5, 5.41) is 0. The number of halogens is 1. The Morgan fingerprint density at radius 3 is 2.40 bits per heavy atom. The van der Waals surface area contributed by atoms with Crippen LogP contribution in [0.1, 0.15) is 5.56 Å². The van der Waals surface area contributed by atoms with Crippen LogP contribution >= 0.6 is 15.9 Å². The molecular weight excluding hydrogens is 392 g/mol. The number of nitrogens with zero attached hydrogens (tertiary/aromatic N) is 2. The maximum absolute atomic E-state index is 12.6. The van der Waals surface area contributed by atoms with E-state index in [1.165, 1.54) is 17.9 Å². The molecule has 0 aliphatic rings. The molecule has 25 heavy (non-hydrogen) atoms. The molecule has 0 unspecified atom stereocenters. The number of methoxy groups -OCH3 is 2. The summed E-state index contributed by atoms with van der Waals surface area (Å²) in [6.07, 6.45) is 1.43. The number of aromatic nitrogens is 2. The number of hydrogen-bond acceptors (Lipinski definition) is 5. The first-order valence-corrected chi connectivity index (χ1v) is 8.56. The molecule has 0 radical (unpaired) electrons. The highest BCUT2D eigenvalue weighted by molar-refractivity contribution is 9.10. The predicted octanol–water partition coefficient (Wildman–Crippen LogP) is 1.64. The average molecular weight is 413 g/mol. The van der Waals surface area contributed by atoms with Crippen LogP contribution in [0.15, 0.2) is 44.5 Å². The Hall–Kier alpha value is -1.90. The lowest BCUT2D eigenvalue weighted by atomic mass is 10.2. The second-order valence-electron chi connectivity index (χ2n) is 5.29. The maximum atomic E-state index is 12.6. The molecule has 0 atom stereocenters. The highest BCUT2D eigenvalue weighted by Gasteiger charge is 2.13. The van der Waals surface area contributed by atoms with Gasteiger partial charge in [0.05, 0.1) is 32.5 Å². The van der Waals surface area contributed by atoms with Crippen molar-refractivity contribution < 1.29 is 14.2 Å². The van der Waals surface area contributed by atoms with E-state index in [1.807, 2.05) is 24.3 Å². The number of benzene rings is 1. The average Bonchev–Trinajstić information content (AvgIpc) is 2.61. The second kappa shape index (κ2) is 9.55. The van der Waals surface area contributed by atoms with Crippen LogP contribution in [0, 0.1) is 0 Å². The predicted molar refractivity (Wildman–Crippen MR) is 97.2 cm³/mol. The van der Waals surface area contributed by atoms with Gasteiger partial charge in [-0.25, -0.2) is 4.79 Å². The number of rotatable bonds is 9. The van der Waals surface area contributed by atoms with Gasteiger partial charge in [0.15, 0.2) is 0 Å². The fourth-order valence-corrected chi connectivity index (χ4v) is 2.63. The molecule has 1 aromatic carbocycles. The summed E-state index contributed by atoms with van der Waals surface area (Å²) in [5.74, 6) is 0.113. The van der Waals surface area contributed by atoms with Gasteiger partial charge in [-0.1, -0.05) is 34.1 Å². The molecule has 1 aromatic heterocycles. The van der Waals surface area contributed by atoms with E-state index in [0.717, 1.165) is 14.6 Å². The first kappa shape index (κ1) is 19.4. The van der Waals surface area contributed by atoms with Crippen molar-refractivity contribution in [3.8, 4) is 5.75 Å². The van der Waals surface area contributed by atoms with Gasteiger partial charge in [0.25, 0.3) is 5.56 Å². The third-order valence-corrected chi connectivity index (χ3v) is 4.38. The van der Waals surface area contributed by atoms with Gasteiger partial charge in [0.1, 0.15) is 6.61 Å². The van der Waals surface area contributed by atoms with Crippen LogP contribution in [0.2, 0.25) is 0 Å². The summed E-state index contributed by atoms with van der Waals surface area (Å²) in [4.78, 5) is 25.0. The highest BCUT2D eigenvalue weighted by atomic mass is 79.9. The molecule has 0 bridgehead atoms. The zero-order chi connectivity index (χ0) is 18.2. The molecule has 2 rings (SSSR count). The normalized spacial score (nSPS) is 10.8. The third kappa shape index (κ3) is 5.04. The van der Waals surface area contributed by atoms with Crippen LogP contribution in [-0.2, 0) is 29.2 Å². The summed E-state index contributed by atoms with van der Waals surface area (Å²) >= 11 is 3.45. The molecule has 0 amide bonds.